The molecule has 2 rings (SSSR count). The smallest absolute Gasteiger partial charge is 0.133 e. The first kappa shape index (κ1) is 10.5. The summed E-state index contributed by atoms with van der Waals surface area (Å²) in [6, 6.07) is 3.81. The number of Topliss-reactive ketones (excluding diaryl/α,β-unsaturated/α-hetero) is 1. The lowest BCUT2D eigenvalue weighted by atomic mass is 9.98. The SMILES string of the molecule is O=C(CCc1ccco1)CC1CCCC1. The van der Waals surface area contributed by atoms with Gasteiger partial charge in [0.05, 0.1) is 6.26 Å². The molecule has 0 atom stereocenters. The van der Waals surface area contributed by atoms with E-state index in [1.807, 2.05) is 12.1 Å². The van der Waals surface area contributed by atoms with E-state index in [-0.39, 0.29) is 0 Å². The molecule has 0 radical (unpaired) electrons. The van der Waals surface area contributed by atoms with Crippen LogP contribution in [0.3, 0.4) is 0 Å². The Bertz CT molecular complexity index is 294. The summed E-state index contributed by atoms with van der Waals surface area (Å²) in [6.07, 6.45) is 9.01. The second kappa shape index (κ2) is 5.15. The summed E-state index contributed by atoms with van der Waals surface area (Å²) < 4.78 is 5.20. The van der Waals surface area contributed by atoms with E-state index in [0.717, 1.165) is 18.6 Å². The van der Waals surface area contributed by atoms with Crippen molar-refractivity contribution in [3.05, 3.63) is 24.2 Å². The van der Waals surface area contributed by atoms with E-state index >= 15 is 0 Å². The van der Waals surface area contributed by atoms with Gasteiger partial charge in [0.25, 0.3) is 0 Å². The number of carbonyl (C=O) groups is 1. The molecule has 1 aromatic heterocycles. The normalized spacial score (nSPS) is 17.1. The molecule has 0 amide bonds. The number of aryl methyl sites for hydroxylation is 1. The van der Waals surface area contributed by atoms with Crippen LogP contribution in [0.5, 0.6) is 0 Å². The largest absolute Gasteiger partial charge is 0.469 e. The molecule has 0 aliphatic heterocycles. The van der Waals surface area contributed by atoms with E-state index in [9.17, 15) is 4.79 Å². The average molecular weight is 206 g/mol. The molecule has 1 aliphatic carbocycles. The molecule has 1 heterocycles. The van der Waals surface area contributed by atoms with Crippen molar-refractivity contribution in [2.45, 2.75) is 44.9 Å². The third kappa shape index (κ3) is 3.22. The van der Waals surface area contributed by atoms with E-state index in [0.29, 0.717) is 18.1 Å². The van der Waals surface area contributed by atoms with Crippen molar-refractivity contribution >= 4 is 5.78 Å². The second-order valence-electron chi connectivity index (χ2n) is 4.47. The molecule has 1 aromatic rings. The van der Waals surface area contributed by atoms with Gasteiger partial charge in [-0.3, -0.25) is 4.79 Å². The molecule has 1 saturated carbocycles. The Morgan fingerprint density at radius 2 is 2.20 bits per heavy atom. The quantitative estimate of drug-likeness (QED) is 0.739. The number of furan rings is 1. The van der Waals surface area contributed by atoms with Crippen molar-refractivity contribution in [1.82, 2.24) is 0 Å². The van der Waals surface area contributed by atoms with Gasteiger partial charge < -0.3 is 4.42 Å². The van der Waals surface area contributed by atoms with Crippen LogP contribution in [0.25, 0.3) is 0 Å². The maximum Gasteiger partial charge on any atom is 0.133 e. The molecule has 0 N–H and O–H groups in total. The Hall–Kier alpha value is -1.05. The number of hydrogen-bond donors (Lipinski definition) is 0. The van der Waals surface area contributed by atoms with Crippen LogP contribution in [-0.2, 0) is 11.2 Å². The summed E-state index contributed by atoms with van der Waals surface area (Å²) in [6.45, 7) is 0. The maximum absolute atomic E-state index is 11.7. The Labute approximate surface area is 90.7 Å². The summed E-state index contributed by atoms with van der Waals surface area (Å²) in [5.74, 6) is 2.00. The fourth-order valence-corrected chi connectivity index (χ4v) is 2.36. The van der Waals surface area contributed by atoms with Gasteiger partial charge in [-0.05, 0) is 18.1 Å². The lowest BCUT2D eigenvalue weighted by Crippen LogP contribution is -2.06. The highest BCUT2D eigenvalue weighted by Gasteiger charge is 2.18. The highest BCUT2D eigenvalue weighted by Crippen LogP contribution is 2.28. The summed E-state index contributed by atoms with van der Waals surface area (Å²) >= 11 is 0. The molecule has 0 spiro atoms. The van der Waals surface area contributed by atoms with Crippen LogP contribution in [0.1, 0.15) is 44.3 Å². The van der Waals surface area contributed by atoms with Gasteiger partial charge in [-0.2, -0.15) is 0 Å². The van der Waals surface area contributed by atoms with Gasteiger partial charge >= 0.3 is 0 Å². The molecule has 1 fully saturated rings. The number of ketones is 1. The predicted molar refractivity (Wildman–Crippen MR) is 58.6 cm³/mol. The fraction of sp³-hybridized carbons (Fsp3) is 0.615. The molecule has 0 aromatic carbocycles. The first-order valence-electron chi connectivity index (χ1n) is 5.88. The van der Waals surface area contributed by atoms with Gasteiger partial charge in [-0.1, -0.05) is 25.7 Å². The summed E-state index contributed by atoms with van der Waals surface area (Å²) in [5, 5.41) is 0. The zero-order chi connectivity index (χ0) is 10.5. The minimum absolute atomic E-state index is 0.401. The second-order valence-corrected chi connectivity index (χ2v) is 4.47. The van der Waals surface area contributed by atoms with Crippen LogP contribution in [0, 0.1) is 5.92 Å². The van der Waals surface area contributed by atoms with Gasteiger partial charge in [-0.25, -0.2) is 0 Å². The van der Waals surface area contributed by atoms with Crippen LogP contribution in [0.2, 0.25) is 0 Å². The third-order valence-corrected chi connectivity index (χ3v) is 3.22. The van der Waals surface area contributed by atoms with Crippen LogP contribution < -0.4 is 0 Å². The van der Waals surface area contributed by atoms with Gasteiger partial charge in [0, 0.05) is 19.3 Å². The zero-order valence-electron chi connectivity index (χ0n) is 9.08. The van der Waals surface area contributed by atoms with E-state index in [4.69, 9.17) is 4.42 Å². The summed E-state index contributed by atoms with van der Waals surface area (Å²) in [7, 11) is 0. The third-order valence-electron chi connectivity index (χ3n) is 3.22. The fourth-order valence-electron chi connectivity index (χ4n) is 2.36. The van der Waals surface area contributed by atoms with Crippen molar-refractivity contribution in [3.63, 3.8) is 0 Å². The zero-order valence-corrected chi connectivity index (χ0v) is 9.08. The van der Waals surface area contributed by atoms with Crippen molar-refractivity contribution in [2.75, 3.05) is 0 Å². The van der Waals surface area contributed by atoms with Crippen LogP contribution >= 0.6 is 0 Å². The average Bonchev–Trinajstić information content (AvgIpc) is 2.86. The highest BCUT2D eigenvalue weighted by molar-refractivity contribution is 5.78. The lowest BCUT2D eigenvalue weighted by Gasteiger charge is -2.06. The first-order valence-corrected chi connectivity index (χ1v) is 5.88. The van der Waals surface area contributed by atoms with Crippen LogP contribution in [-0.4, -0.2) is 5.78 Å². The monoisotopic (exact) mass is 206 g/mol. The molecule has 1 aliphatic rings. The highest BCUT2D eigenvalue weighted by atomic mass is 16.3. The number of carbonyl (C=O) groups excluding carboxylic acids is 1. The Balaban J connectivity index is 1.68. The van der Waals surface area contributed by atoms with E-state index in [1.165, 1.54) is 25.7 Å². The number of rotatable bonds is 5. The van der Waals surface area contributed by atoms with Crippen molar-refractivity contribution in [2.24, 2.45) is 5.92 Å². The minimum atomic E-state index is 0.401. The van der Waals surface area contributed by atoms with E-state index in [2.05, 4.69) is 0 Å². The molecule has 0 saturated heterocycles. The van der Waals surface area contributed by atoms with Crippen LogP contribution in [0.15, 0.2) is 22.8 Å². The van der Waals surface area contributed by atoms with Gasteiger partial charge in [0.2, 0.25) is 0 Å². The van der Waals surface area contributed by atoms with Gasteiger partial charge in [0.15, 0.2) is 0 Å². The molecule has 15 heavy (non-hydrogen) atoms. The molecule has 2 nitrogen and oxygen atoms in total. The lowest BCUT2D eigenvalue weighted by molar-refractivity contribution is -0.119. The molecule has 0 unspecified atom stereocenters. The first-order chi connectivity index (χ1) is 7.34. The number of hydrogen-bond acceptors (Lipinski definition) is 2. The summed E-state index contributed by atoms with van der Waals surface area (Å²) in [4.78, 5) is 11.7. The predicted octanol–water partition coefficient (Wildman–Crippen LogP) is 3.36. The molecule has 82 valence electrons. The molecular formula is C13H18O2. The molecule has 2 heteroatoms. The van der Waals surface area contributed by atoms with Crippen molar-refractivity contribution in [1.29, 1.82) is 0 Å². The van der Waals surface area contributed by atoms with Crippen molar-refractivity contribution in [3.8, 4) is 0 Å². The maximum atomic E-state index is 11.7. The van der Waals surface area contributed by atoms with Gasteiger partial charge in [-0.15, -0.1) is 0 Å². The van der Waals surface area contributed by atoms with E-state index < -0.39 is 0 Å². The molecular weight excluding hydrogens is 188 g/mol. The Morgan fingerprint density at radius 1 is 1.40 bits per heavy atom. The van der Waals surface area contributed by atoms with E-state index in [1.54, 1.807) is 6.26 Å². The van der Waals surface area contributed by atoms with Crippen LogP contribution in [0.4, 0.5) is 0 Å². The van der Waals surface area contributed by atoms with Gasteiger partial charge in [0.1, 0.15) is 11.5 Å². The Morgan fingerprint density at radius 3 is 2.87 bits per heavy atom. The summed E-state index contributed by atoms with van der Waals surface area (Å²) in [5.41, 5.74) is 0. The minimum Gasteiger partial charge on any atom is -0.469 e. The molecule has 0 bridgehead atoms. The van der Waals surface area contributed by atoms with Crippen molar-refractivity contribution < 1.29 is 9.21 Å². The standard InChI is InChI=1S/C13H18O2/c14-12(10-11-4-1-2-5-11)7-8-13-6-3-9-15-13/h3,6,9,11H,1-2,4-5,7-8,10H2. The topological polar surface area (TPSA) is 30.2 Å². The Kier molecular flexibility index (Phi) is 3.59.